The molecule has 0 aliphatic carbocycles. The first-order valence-electron chi connectivity index (χ1n) is 8.00. The molecule has 0 aliphatic heterocycles. The summed E-state index contributed by atoms with van der Waals surface area (Å²) in [6.07, 6.45) is 0.470. The van der Waals surface area contributed by atoms with Gasteiger partial charge >= 0.3 is 5.97 Å². The Balaban J connectivity index is 1.90. The number of nitrogens with zero attached hydrogens (tertiary/aromatic N) is 3. The number of rotatable bonds is 7. The lowest BCUT2D eigenvalue weighted by Gasteiger charge is -2.28. The van der Waals surface area contributed by atoms with E-state index in [1.165, 1.54) is 36.3 Å². The van der Waals surface area contributed by atoms with Crippen LogP contribution in [-0.2, 0) is 14.3 Å². The van der Waals surface area contributed by atoms with E-state index < -0.39 is 23.5 Å². The SMILES string of the molecule is CC(C)[C@@](C)(C#N)NC(=O)[C@@H](C)OC(=O)CSc1ncnc2sccc12. The van der Waals surface area contributed by atoms with E-state index in [1.54, 1.807) is 6.92 Å². The molecule has 26 heavy (non-hydrogen) atoms. The van der Waals surface area contributed by atoms with Gasteiger partial charge in [0.2, 0.25) is 0 Å². The molecule has 1 amide bonds. The van der Waals surface area contributed by atoms with Crippen molar-refractivity contribution >= 4 is 45.2 Å². The number of carbonyl (C=O) groups excluding carboxylic acids is 2. The molecule has 0 bridgehead atoms. The number of thioether (sulfide) groups is 1. The van der Waals surface area contributed by atoms with E-state index in [1.807, 2.05) is 25.3 Å². The summed E-state index contributed by atoms with van der Waals surface area (Å²) in [6.45, 7) is 6.80. The van der Waals surface area contributed by atoms with Crippen LogP contribution in [0.25, 0.3) is 10.2 Å². The van der Waals surface area contributed by atoms with Gasteiger partial charge in [0.05, 0.1) is 11.8 Å². The van der Waals surface area contributed by atoms with Gasteiger partial charge in [-0.05, 0) is 31.2 Å². The van der Waals surface area contributed by atoms with Crippen molar-refractivity contribution in [3.8, 4) is 6.07 Å². The maximum Gasteiger partial charge on any atom is 0.317 e. The maximum absolute atomic E-state index is 12.2. The number of nitriles is 1. The second-order valence-electron chi connectivity index (χ2n) is 6.20. The van der Waals surface area contributed by atoms with E-state index in [0.717, 1.165) is 10.2 Å². The normalized spacial score (nSPS) is 14.5. The van der Waals surface area contributed by atoms with Gasteiger partial charge in [0, 0.05) is 5.39 Å². The molecule has 2 aromatic rings. The molecule has 2 aromatic heterocycles. The van der Waals surface area contributed by atoms with Gasteiger partial charge in [-0.25, -0.2) is 9.97 Å². The van der Waals surface area contributed by atoms with Crippen LogP contribution in [0.15, 0.2) is 22.8 Å². The zero-order valence-corrected chi connectivity index (χ0v) is 16.6. The Bertz CT molecular complexity index is 846. The van der Waals surface area contributed by atoms with Crippen LogP contribution in [0.2, 0.25) is 0 Å². The predicted molar refractivity (Wildman–Crippen MR) is 101 cm³/mol. The molecular formula is C17H20N4O3S2. The lowest BCUT2D eigenvalue weighted by molar-refractivity contribution is -0.152. The van der Waals surface area contributed by atoms with E-state index in [0.29, 0.717) is 5.03 Å². The fraction of sp³-hybridized carbons (Fsp3) is 0.471. The van der Waals surface area contributed by atoms with Crippen LogP contribution in [0.3, 0.4) is 0 Å². The van der Waals surface area contributed by atoms with Crippen molar-refractivity contribution in [1.29, 1.82) is 5.26 Å². The number of carbonyl (C=O) groups is 2. The fourth-order valence-electron chi connectivity index (χ4n) is 1.95. The Morgan fingerprint density at radius 3 is 2.81 bits per heavy atom. The number of fused-ring (bicyclic) bond motifs is 1. The summed E-state index contributed by atoms with van der Waals surface area (Å²) in [4.78, 5) is 33.4. The molecule has 0 radical (unpaired) electrons. The summed E-state index contributed by atoms with van der Waals surface area (Å²) in [5, 5.41) is 15.4. The van der Waals surface area contributed by atoms with Gasteiger partial charge in [-0.15, -0.1) is 11.3 Å². The van der Waals surface area contributed by atoms with Crippen molar-refractivity contribution in [2.75, 3.05) is 5.75 Å². The Morgan fingerprint density at radius 2 is 2.15 bits per heavy atom. The van der Waals surface area contributed by atoms with E-state index in [-0.39, 0.29) is 11.7 Å². The zero-order chi connectivity index (χ0) is 19.3. The Hall–Kier alpha value is -2.18. The molecule has 0 aliphatic rings. The minimum atomic E-state index is -1.02. The molecule has 0 fully saturated rings. The van der Waals surface area contributed by atoms with Crippen LogP contribution < -0.4 is 5.32 Å². The number of hydrogen-bond donors (Lipinski definition) is 1. The highest BCUT2D eigenvalue weighted by Gasteiger charge is 2.32. The molecule has 2 heterocycles. The van der Waals surface area contributed by atoms with Crippen molar-refractivity contribution < 1.29 is 14.3 Å². The zero-order valence-electron chi connectivity index (χ0n) is 15.0. The fourth-order valence-corrected chi connectivity index (χ4v) is 3.52. The summed E-state index contributed by atoms with van der Waals surface area (Å²) in [7, 11) is 0. The number of aromatic nitrogens is 2. The monoisotopic (exact) mass is 392 g/mol. The molecule has 138 valence electrons. The van der Waals surface area contributed by atoms with Gasteiger partial charge in [0.25, 0.3) is 5.91 Å². The third-order valence-electron chi connectivity index (χ3n) is 4.00. The van der Waals surface area contributed by atoms with Crippen LogP contribution in [0.5, 0.6) is 0 Å². The summed E-state index contributed by atoms with van der Waals surface area (Å²) >= 11 is 2.74. The third kappa shape index (κ3) is 4.71. The first kappa shape index (κ1) is 20.1. The van der Waals surface area contributed by atoms with E-state index >= 15 is 0 Å². The number of ether oxygens (including phenoxy) is 1. The van der Waals surface area contributed by atoms with Crippen molar-refractivity contribution in [3.63, 3.8) is 0 Å². The summed E-state index contributed by atoms with van der Waals surface area (Å²) < 4.78 is 5.18. The van der Waals surface area contributed by atoms with Crippen LogP contribution in [0.1, 0.15) is 27.7 Å². The average molecular weight is 393 g/mol. The summed E-state index contributed by atoms with van der Waals surface area (Å²) in [5.74, 6) is -1.08. The van der Waals surface area contributed by atoms with Gasteiger partial charge in [-0.2, -0.15) is 5.26 Å². The molecule has 1 N–H and O–H groups in total. The van der Waals surface area contributed by atoms with Crippen molar-refractivity contribution in [2.45, 2.75) is 44.4 Å². The average Bonchev–Trinajstić information content (AvgIpc) is 3.08. The first-order valence-corrected chi connectivity index (χ1v) is 9.87. The third-order valence-corrected chi connectivity index (χ3v) is 5.80. The molecule has 0 unspecified atom stereocenters. The van der Waals surface area contributed by atoms with Crippen LogP contribution >= 0.6 is 23.1 Å². The number of amides is 1. The largest absolute Gasteiger partial charge is 0.452 e. The Morgan fingerprint density at radius 1 is 1.42 bits per heavy atom. The Labute approximate surface area is 160 Å². The lowest BCUT2D eigenvalue weighted by Crippen LogP contribution is -2.52. The lowest BCUT2D eigenvalue weighted by atomic mass is 9.90. The number of thiophene rings is 1. The molecular weight excluding hydrogens is 372 g/mol. The van der Waals surface area contributed by atoms with Crippen LogP contribution in [-0.4, -0.2) is 39.2 Å². The molecule has 7 nitrogen and oxygen atoms in total. The van der Waals surface area contributed by atoms with Crippen molar-refractivity contribution in [3.05, 3.63) is 17.8 Å². The molecule has 2 rings (SSSR count). The number of nitrogens with one attached hydrogen (secondary N) is 1. The quantitative estimate of drug-likeness (QED) is 0.439. The highest BCUT2D eigenvalue weighted by Crippen LogP contribution is 2.27. The van der Waals surface area contributed by atoms with E-state index in [4.69, 9.17) is 4.74 Å². The number of esters is 1. The maximum atomic E-state index is 12.2. The molecule has 0 aromatic carbocycles. The van der Waals surface area contributed by atoms with Gasteiger partial charge in [0.15, 0.2) is 6.10 Å². The van der Waals surface area contributed by atoms with Crippen molar-refractivity contribution in [1.82, 2.24) is 15.3 Å². The predicted octanol–water partition coefficient (Wildman–Crippen LogP) is 2.77. The molecule has 0 saturated carbocycles. The van der Waals surface area contributed by atoms with E-state index in [9.17, 15) is 14.9 Å². The molecule has 0 saturated heterocycles. The second-order valence-corrected chi connectivity index (χ2v) is 8.06. The minimum absolute atomic E-state index is 0.0271. The smallest absolute Gasteiger partial charge is 0.317 e. The summed E-state index contributed by atoms with van der Waals surface area (Å²) in [5.41, 5.74) is -1.02. The van der Waals surface area contributed by atoms with Crippen molar-refractivity contribution in [2.24, 2.45) is 5.92 Å². The van der Waals surface area contributed by atoms with Crippen LogP contribution in [0.4, 0.5) is 0 Å². The van der Waals surface area contributed by atoms with E-state index in [2.05, 4.69) is 21.4 Å². The minimum Gasteiger partial charge on any atom is -0.452 e. The molecule has 2 atom stereocenters. The first-order chi connectivity index (χ1) is 12.3. The van der Waals surface area contributed by atoms with Gasteiger partial charge in [-0.3, -0.25) is 9.59 Å². The van der Waals surface area contributed by atoms with Gasteiger partial charge in [0.1, 0.15) is 21.7 Å². The Kier molecular flexibility index (Phi) is 6.56. The standard InChI is InChI=1S/C17H20N4O3S2/c1-10(2)17(4,8-18)21-14(23)11(3)24-13(22)7-26-16-12-5-6-25-15(12)19-9-20-16/h5-6,9-11H,7H2,1-4H3,(H,21,23)/t11-,17-/m1/s1. The molecule has 0 spiro atoms. The van der Waals surface area contributed by atoms with Gasteiger partial charge in [-0.1, -0.05) is 25.6 Å². The molecule has 9 heteroatoms. The van der Waals surface area contributed by atoms with Gasteiger partial charge < -0.3 is 10.1 Å². The second kappa shape index (κ2) is 8.47. The highest BCUT2D eigenvalue weighted by molar-refractivity contribution is 8.00. The highest BCUT2D eigenvalue weighted by atomic mass is 32.2. The van der Waals surface area contributed by atoms with Crippen LogP contribution in [0, 0.1) is 17.2 Å². The summed E-state index contributed by atoms with van der Waals surface area (Å²) in [6, 6.07) is 3.99. The number of hydrogen-bond acceptors (Lipinski definition) is 8. The topological polar surface area (TPSA) is 105 Å².